The highest BCUT2D eigenvalue weighted by atomic mass is 35.5. The van der Waals surface area contributed by atoms with E-state index in [1.807, 2.05) is 6.92 Å². The summed E-state index contributed by atoms with van der Waals surface area (Å²) in [5, 5.41) is 0. The Morgan fingerprint density at radius 1 is 1.67 bits per heavy atom. The number of unbranched alkanes of at least 4 members (excludes halogenated alkanes) is 1. The molecule has 70 valence electrons. The number of alkyl halides is 2. The molecule has 0 spiro atoms. The van der Waals surface area contributed by atoms with E-state index in [2.05, 4.69) is 0 Å². The monoisotopic (exact) mass is 210 g/mol. The van der Waals surface area contributed by atoms with Crippen molar-refractivity contribution >= 4 is 29.2 Å². The number of rotatable bonds is 4. The van der Waals surface area contributed by atoms with E-state index >= 15 is 0 Å². The predicted octanol–water partition coefficient (Wildman–Crippen LogP) is 2.52. The lowest BCUT2D eigenvalue weighted by atomic mass is 10.3. The van der Waals surface area contributed by atoms with Gasteiger partial charge in [0.1, 0.15) is 4.33 Å². The Morgan fingerprint density at radius 3 is 2.67 bits per heavy atom. The highest BCUT2D eigenvalue weighted by Gasteiger charge is 2.57. The molecule has 0 aromatic carbocycles. The topological polar surface area (TPSA) is 26.3 Å². The summed E-state index contributed by atoms with van der Waals surface area (Å²) in [7, 11) is 0. The van der Waals surface area contributed by atoms with Gasteiger partial charge in [-0.05, 0) is 12.8 Å². The number of carbonyl (C=O) groups excluding carboxylic acids is 1. The summed E-state index contributed by atoms with van der Waals surface area (Å²) < 4.78 is 4.09. The maximum absolute atomic E-state index is 11.1. The minimum Gasteiger partial charge on any atom is -0.465 e. The summed E-state index contributed by atoms with van der Waals surface area (Å²) in [4.78, 5) is 11.1. The third-order valence-electron chi connectivity index (χ3n) is 1.85. The van der Waals surface area contributed by atoms with Crippen molar-refractivity contribution in [3.05, 3.63) is 0 Å². The van der Waals surface area contributed by atoms with Crippen molar-refractivity contribution in [2.45, 2.75) is 30.5 Å². The van der Waals surface area contributed by atoms with Crippen molar-refractivity contribution in [2.75, 3.05) is 6.61 Å². The molecule has 0 aromatic heterocycles. The molecule has 2 nitrogen and oxygen atoms in total. The van der Waals surface area contributed by atoms with Gasteiger partial charge in [0.25, 0.3) is 0 Å². The molecule has 0 bridgehead atoms. The average molecular weight is 211 g/mol. The number of hydrogen-bond donors (Lipinski definition) is 0. The Morgan fingerprint density at radius 2 is 2.25 bits per heavy atom. The summed E-state index contributed by atoms with van der Waals surface area (Å²) in [5.74, 6) is -0.550. The molecule has 1 aliphatic rings. The molecule has 0 saturated heterocycles. The van der Waals surface area contributed by atoms with Gasteiger partial charge in [0.05, 0.1) is 12.5 Å². The Hall–Kier alpha value is 0.0500. The molecule has 0 amide bonds. The van der Waals surface area contributed by atoms with Crippen molar-refractivity contribution in [3.8, 4) is 0 Å². The molecule has 4 heteroatoms. The van der Waals surface area contributed by atoms with Gasteiger partial charge in [0.15, 0.2) is 0 Å². The van der Waals surface area contributed by atoms with E-state index in [0.29, 0.717) is 13.0 Å². The van der Waals surface area contributed by atoms with Crippen LogP contribution >= 0.6 is 23.2 Å². The first-order valence-corrected chi connectivity index (χ1v) is 4.88. The summed E-state index contributed by atoms with van der Waals surface area (Å²) >= 11 is 11.4. The van der Waals surface area contributed by atoms with Gasteiger partial charge in [-0.2, -0.15) is 0 Å². The van der Waals surface area contributed by atoms with Crippen LogP contribution in [0.5, 0.6) is 0 Å². The first-order valence-electron chi connectivity index (χ1n) is 4.12. The fourth-order valence-electron chi connectivity index (χ4n) is 0.887. The van der Waals surface area contributed by atoms with E-state index in [9.17, 15) is 4.79 Å². The summed E-state index contributed by atoms with van der Waals surface area (Å²) in [5.41, 5.74) is 0. The lowest BCUT2D eigenvalue weighted by Gasteiger charge is -2.02. The van der Waals surface area contributed by atoms with Crippen LogP contribution in [0, 0.1) is 5.92 Å². The van der Waals surface area contributed by atoms with E-state index in [-0.39, 0.29) is 11.9 Å². The number of esters is 1. The summed E-state index contributed by atoms with van der Waals surface area (Å²) in [6, 6.07) is 0. The Balaban J connectivity index is 2.14. The fourth-order valence-corrected chi connectivity index (χ4v) is 1.37. The lowest BCUT2D eigenvalue weighted by molar-refractivity contribution is -0.145. The summed E-state index contributed by atoms with van der Waals surface area (Å²) in [6.07, 6.45) is 2.45. The van der Waals surface area contributed by atoms with Crippen molar-refractivity contribution < 1.29 is 9.53 Å². The van der Waals surface area contributed by atoms with Gasteiger partial charge in [0, 0.05) is 0 Å². The number of carbonyl (C=O) groups is 1. The van der Waals surface area contributed by atoms with E-state index in [0.717, 1.165) is 12.8 Å². The standard InChI is InChI=1S/C8H12Cl2O2/c1-2-3-4-12-7(11)6-5-8(6,9)10/h6H,2-5H2,1H3. The number of hydrogen-bond acceptors (Lipinski definition) is 2. The quantitative estimate of drug-likeness (QED) is 0.405. The van der Waals surface area contributed by atoms with Crippen LogP contribution < -0.4 is 0 Å². The number of halogens is 2. The van der Waals surface area contributed by atoms with Gasteiger partial charge in [-0.15, -0.1) is 23.2 Å². The molecule has 1 fully saturated rings. The normalized spacial score (nSPS) is 25.1. The van der Waals surface area contributed by atoms with Crippen LogP contribution in [-0.4, -0.2) is 16.9 Å². The molecule has 0 N–H and O–H groups in total. The molecule has 0 heterocycles. The van der Waals surface area contributed by atoms with Crippen molar-refractivity contribution in [3.63, 3.8) is 0 Å². The Labute approximate surface area is 82.2 Å². The van der Waals surface area contributed by atoms with Crippen LogP contribution in [-0.2, 0) is 9.53 Å². The maximum atomic E-state index is 11.1. The third-order valence-corrected chi connectivity index (χ3v) is 2.69. The van der Waals surface area contributed by atoms with E-state index in [4.69, 9.17) is 27.9 Å². The predicted molar refractivity (Wildman–Crippen MR) is 48.4 cm³/mol. The molecular weight excluding hydrogens is 199 g/mol. The zero-order chi connectivity index (χ0) is 9.19. The largest absolute Gasteiger partial charge is 0.465 e. The van der Waals surface area contributed by atoms with Gasteiger partial charge in [0.2, 0.25) is 0 Å². The maximum Gasteiger partial charge on any atom is 0.312 e. The lowest BCUT2D eigenvalue weighted by Crippen LogP contribution is -2.11. The molecule has 0 aliphatic heterocycles. The van der Waals surface area contributed by atoms with Crippen LogP contribution in [0.15, 0.2) is 0 Å². The Bertz CT molecular complexity index is 180. The van der Waals surface area contributed by atoms with Crippen LogP contribution in [0.2, 0.25) is 0 Å². The first-order chi connectivity index (χ1) is 5.58. The van der Waals surface area contributed by atoms with Crippen molar-refractivity contribution in [1.29, 1.82) is 0 Å². The molecule has 1 rings (SSSR count). The van der Waals surface area contributed by atoms with Gasteiger partial charge in [-0.1, -0.05) is 13.3 Å². The van der Waals surface area contributed by atoms with Crippen molar-refractivity contribution in [1.82, 2.24) is 0 Å². The van der Waals surface area contributed by atoms with Gasteiger partial charge < -0.3 is 4.74 Å². The van der Waals surface area contributed by atoms with E-state index in [1.54, 1.807) is 0 Å². The molecule has 1 aliphatic carbocycles. The minimum absolute atomic E-state index is 0.256. The fraction of sp³-hybridized carbons (Fsp3) is 0.875. The molecule has 1 unspecified atom stereocenters. The van der Waals surface area contributed by atoms with Crippen molar-refractivity contribution in [2.24, 2.45) is 5.92 Å². The van der Waals surface area contributed by atoms with Gasteiger partial charge in [-0.25, -0.2) is 0 Å². The zero-order valence-corrected chi connectivity index (χ0v) is 8.49. The molecule has 1 saturated carbocycles. The number of ether oxygens (including phenoxy) is 1. The minimum atomic E-state index is -0.844. The average Bonchev–Trinajstić information content (AvgIpc) is 2.60. The van der Waals surface area contributed by atoms with Crippen LogP contribution in [0.3, 0.4) is 0 Å². The molecule has 0 radical (unpaired) electrons. The van der Waals surface area contributed by atoms with Crippen LogP contribution in [0.1, 0.15) is 26.2 Å². The molecule has 1 atom stereocenters. The second-order valence-electron chi connectivity index (χ2n) is 3.04. The summed E-state index contributed by atoms with van der Waals surface area (Å²) in [6.45, 7) is 2.52. The van der Waals surface area contributed by atoms with Crippen LogP contribution in [0.4, 0.5) is 0 Å². The highest BCUT2D eigenvalue weighted by Crippen LogP contribution is 2.53. The molecule has 12 heavy (non-hydrogen) atoms. The SMILES string of the molecule is CCCCOC(=O)C1CC1(Cl)Cl. The van der Waals surface area contributed by atoms with Gasteiger partial charge >= 0.3 is 5.97 Å². The third kappa shape index (κ3) is 2.53. The Kier molecular flexibility index (Phi) is 3.24. The second-order valence-corrected chi connectivity index (χ2v) is 4.58. The van der Waals surface area contributed by atoms with E-state index in [1.165, 1.54) is 0 Å². The zero-order valence-electron chi connectivity index (χ0n) is 6.98. The molecular formula is C8H12Cl2O2. The first kappa shape index (κ1) is 10.1. The van der Waals surface area contributed by atoms with Crippen LogP contribution in [0.25, 0.3) is 0 Å². The smallest absolute Gasteiger partial charge is 0.312 e. The van der Waals surface area contributed by atoms with Gasteiger partial charge in [-0.3, -0.25) is 4.79 Å². The second kappa shape index (κ2) is 3.84. The van der Waals surface area contributed by atoms with E-state index < -0.39 is 4.33 Å². The highest BCUT2D eigenvalue weighted by molar-refractivity contribution is 6.52. The molecule has 0 aromatic rings.